The molecule has 0 fully saturated rings. The molecule has 0 bridgehead atoms. The Morgan fingerprint density at radius 2 is 0.942 bits per heavy atom. The van der Waals surface area contributed by atoms with Gasteiger partial charge in [-0.25, -0.2) is 0 Å². The van der Waals surface area contributed by atoms with Gasteiger partial charge in [0.25, 0.3) is 0 Å². The van der Waals surface area contributed by atoms with Gasteiger partial charge in [-0.15, -0.1) is 0 Å². The second kappa shape index (κ2) is 14.1. The zero-order chi connectivity index (χ0) is 48.6. The largest absolute Gasteiger partial charge is 0.466 e. The van der Waals surface area contributed by atoms with Crippen molar-refractivity contribution in [1.82, 2.24) is 9.05 Å². The van der Waals surface area contributed by atoms with Crippen molar-refractivity contribution >= 4 is 89.6 Å². The first-order chi connectivity index (χ1) is 32.4. The molecule has 0 radical (unpaired) electrons. The van der Waals surface area contributed by atoms with Crippen LogP contribution in [0.5, 0.6) is 0 Å². The average molecular weight is 904 g/mol. The van der Waals surface area contributed by atoms with Crippen LogP contribution in [0.2, 0.25) is 0 Å². The van der Waals surface area contributed by atoms with Gasteiger partial charge < -0.3 is 18.4 Å². The maximum atomic E-state index is 7.55. The monoisotopic (exact) mass is 904 g/mol. The Morgan fingerprint density at radius 1 is 0.406 bits per heavy atom. The van der Waals surface area contributed by atoms with Gasteiger partial charge in [0.05, 0.1) is 22.2 Å². The summed E-state index contributed by atoms with van der Waals surface area (Å²) in [6, 6.07) is 49.4. The van der Waals surface area contributed by atoms with Crippen LogP contribution in [0.15, 0.2) is 132 Å². The van der Waals surface area contributed by atoms with Crippen LogP contribution in [0.25, 0.3) is 71.4 Å². The summed E-state index contributed by atoms with van der Waals surface area (Å²) in [7, 11) is 0. The lowest BCUT2D eigenvalue weighted by atomic mass is 9.47. The molecule has 2 aliphatic heterocycles. The minimum absolute atomic E-state index is 0.00887. The molecule has 2 aliphatic rings. The number of anilines is 3. The Hall–Kier alpha value is -6.46. The fourth-order valence-corrected chi connectivity index (χ4v) is 11.6. The van der Waals surface area contributed by atoms with Crippen molar-refractivity contribution in [2.24, 2.45) is 0 Å². The average Bonchev–Trinajstić information content (AvgIpc) is 3.94. The topological polar surface area (TPSA) is 26.2 Å². The smallest absolute Gasteiger partial charge is 0.376 e. The molecule has 5 heterocycles. The fraction of sp³-hybridized carbons (Fsp3) is 0.312. The Labute approximate surface area is 409 Å². The summed E-state index contributed by atoms with van der Waals surface area (Å²) in [6.07, 6.45) is 0. The van der Waals surface area contributed by atoms with E-state index in [0.29, 0.717) is 0 Å². The van der Waals surface area contributed by atoms with Crippen molar-refractivity contribution in [2.45, 2.75) is 131 Å². The molecule has 69 heavy (non-hydrogen) atoms. The number of furan rings is 1. The molecule has 346 valence electrons. The lowest BCUT2D eigenvalue weighted by molar-refractivity contribution is 0.589. The Balaban J connectivity index is 1.32. The van der Waals surface area contributed by atoms with Gasteiger partial charge in [0.2, 0.25) is 0 Å². The summed E-state index contributed by atoms with van der Waals surface area (Å²) in [5.74, 6) is 0. The molecule has 0 N–H and O–H groups in total. The van der Waals surface area contributed by atoms with Gasteiger partial charge in [0.15, 0.2) is 0 Å². The van der Waals surface area contributed by atoms with Gasteiger partial charge in [0.1, 0.15) is 11.2 Å². The molecule has 0 saturated carbocycles. The van der Waals surface area contributed by atoms with E-state index in [1.54, 1.807) is 0 Å². The summed E-state index contributed by atoms with van der Waals surface area (Å²) in [5, 5.41) is 6.23. The van der Waals surface area contributed by atoms with Gasteiger partial charge in [-0.1, -0.05) is 165 Å². The predicted octanol–water partition coefficient (Wildman–Crippen LogP) is 16.5. The van der Waals surface area contributed by atoms with E-state index in [4.69, 9.17) is 4.42 Å². The lowest BCUT2D eigenvalue weighted by Gasteiger charge is -2.40. The number of fused-ring (bicyclic) bond motifs is 13. The minimum Gasteiger partial charge on any atom is -0.466 e. The highest BCUT2D eigenvalue weighted by Gasteiger charge is 2.48. The van der Waals surface area contributed by atoms with E-state index in [2.05, 4.69) is 245 Å². The molecular weight excluding hydrogens is 838 g/mol. The van der Waals surface area contributed by atoms with Crippen LogP contribution in [0.1, 0.15) is 132 Å². The van der Waals surface area contributed by atoms with Crippen molar-refractivity contribution in [1.29, 1.82) is 0 Å². The van der Waals surface area contributed by atoms with E-state index in [-0.39, 0.29) is 33.9 Å². The van der Waals surface area contributed by atoms with E-state index < -0.39 is 0 Å². The maximum Gasteiger partial charge on any atom is 0.376 e. The first-order valence-corrected chi connectivity index (χ1v) is 25.2. The highest BCUT2D eigenvalue weighted by Crippen LogP contribution is 2.52. The van der Waals surface area contributed by atoms with Crippen LogP contribution < -0.4 is 16.0 Å². The minimum atomic E-state index is -0.263. The van der Waals surface area contributed by atoms with Gasteiger partial charge in [-0.2, -0.15) is 0 Å². The highest BCUT2D eigenvalue weighted by molar-refractivity contribution is 6.89. The second-order valence-electron chi connectivity index (χ2n) is 25.6. The summed E-state index contributed by atoms with van der Waals surface area (Å²) in [6.45, 7) is 34.7. The van der Waals surface area contributed by atoms with Crippen molar-refractivity contribution < 1.29 is 4.42 Å². The molecule has 0 spiro atoms. The van der Waals surface area contributed by atoms with Gasteiger partial charge in [0, 0.05) is 55.1 Å². The van der Waals surface area contributed by atoms with Crippen molar-refractivity contribution in [3.8, 4) is 16.8 Å². The molecule has 5 heteroatoms. The second-order valence-corrected chi connectivity index (χ2v) is 25.6. The number of hydrogen-bond donors (Lipinski definition) is 0. The zero-order valence-corrected chi connectivity index (χ0v) is 43.5. The van der Waals surface area contributed by atoms with Gasteiger partial charge >= 0.3 is 6.85 Å². The van der Waals surface area contributed by atoms with Crippen LogP contribution in [0.3, 0.4) is 0 Å². The molecule has 12 rings (SSSR count). The third kappa shape index (κ3) is 6.41. The fourth-order valence-electron chi connectivity index (χ4n) is 11.6. The first kappa shape index (κ1) is 43.8. The van der Waals surface area contributed by atoms with Crippen LogP contribution in [-0.4, -0.2) is 15.9 Å². The molecule has 0 unspecified atom stereocenters. The van der Waals surface area contributed by atoms with E-state index in [1.807, 2.05) is 0 Å². The first-order valence-electron chi connectivity index (χ1n) is 25.2. The third-order valence-electron chi connectivity index (χ3n) is 15.6. The molecule has 7 aromatic carbocycles. The van der Waals surface area contributed by atoms with Crippen molar-refractivity contribution in [3.63, 3.8) is 0 Å². The zero-order valence-electron chi connectivity index (χ0n) is 43.5. The molecular formula is C64H66BN3O. The summed E-state index contributed by atoms with van der Waals surface area (Å²) in [5.41, 5.74) is 21.7. The van der Waals surface area contributed by atoms with Crippen molar-refractivity contribution in [3.05, 3.63) is 155 Å². The van der Waals surface area contributed by atoms with Gasteiger partial charge in [-0.3, -0.25) is 0 Å². The normalized spacial score (nSPS) is 14.2. The lowest BCUT2D eigenvalue weighted by Crippen LogP contribution is -2.56. The summed E-state index contributed by atoms with van der Waals surface area (Å²) < 4.78 is 12.8. The van der Waals surface area contributed by atoms with Gasteiger partial charge in [-0.05, 0) is 133 Å². The van der Waals surface area contributed by atoms with Crippen LogP contribution in [-0.2, 0) is 27.1 Å². The molecule has 3 aromatic heterocycles. The number of hydrogen-bond acceptors (Lipinski definition) is 2. The van der Waals surface area contributed by atoms with E-state index >= 15 is 0 Å². The molecule has 4 nitrogen and oxygen atoms in total. The Kier molecular flexibility index (Phi) is 8.94. The molecule has 0 amide bonds. The Morgan fingerprint density at radius 3 is 1.57 bits per heavy atom. The third-order valence-corrected chi connectivity index (χ3v) is 15.6. The maximum absolute atomic E-state index is 7.55. The molecule has 10 aromatic rings. The summed E-state index contributed by atoms with van der Waals surface area (Å²) in [4.78, 5) is 2.57. The van der Waals surface area contributed by atoms with E-state index in [1.165, 1.54) is 93.7 Å². The molecule has 0 saturated heterocycles. The highest BCUT2D eigenvalue weighted by atomic mass is 16.3. The number of para-hydroxylation sites is 1. The standard InChI is InChI=1S/C64H66BN3O/c1-60(2,3)37-21-25-43(26-22-37)67-52-36-41(64(13,14)15)33-47-49-35-40(63(10,11)12)34-48-45-28-27-44-46-31-38(61(4,5)6)23-29-51(46)66(42-19-17-16-18-20-42)56(44)57(45)68(55(48)49)65(54(47)52)59-58(67)50-32-39(62(7,8)9)24-30-53(50)69-59/h16-36H,1-15H3. The number of rotatable bonds is 2. The van der Waals surface area contributed by atoms with Crippen LogP contribution >= 0.6 is 0 Å². The SMILES string of the molecule is CC(C)(C)c1ccc(N2c3cc(C(C)(C)C)cc4c3B(c3oc5ccc(C(C)(C)C)cc5c32)n2c3c-4cc(C(C)(C)C)cc3c3ccc4c5cc(C(C)(C)C)ccc5n(-c5ccccc5)c4c32)cc1. The van der Waals surface area contributed by atoms with Crippen LogP contribution in [0, 0.1) is 0 Å². The van der Waals surface area contributed by atoms with E-state index in [9.17, 15) is 0 Å². The quantitative estimate of drug-likeness (QED) is 0.162. The van der Waals surface area contributed by atoms with E-state index in [0.717, 1.165) is 33.7 Å². The number of aromatic nitrogens is 2. The summed E-state index contributed by atoms with van der Waals surface area (Å²) >= 11 is 0. The van der Waals surface area contributed by atoms with Crippen LogP contribution in [0.4, 0.5) is 17.1 Å². The predicted molar refractivity (Wildman–Crippen MR) is 298 cm³/mol. The Bertz CT molecular complexity index is 3790. The molecule has 0 atom stereocenters. The number of benzene rings is 7. The van der Waals surface area contributed by atoms with Crippen molar-refractivity contribution in [2.75, 3.05) is 4.90 Å². The number of nitrogens with zero attached hydrogens (tertiary/aromatic N) is 3. The molecule has 0 aliphatic carbocycles.